The fourth-order valence-electron chi connectivity index (χ4n) is 1.71. The average Bonchev–Trinajstić information content (AvgIpc) is 2.75. The van der Waals surface area contributed by atoms with Gasteiger partial charge in [-0.3, -0.25) is 9.62 Å². The van der Waals surface area contributed by atoms with Gasteiger partial charge in [0.05, 0.1) is 11.4 Å². The Bertz CT molecular complexity index is 556. The molecule has 0 unspecified atom stereocenters. The highest BCUT2D eigenvalue weighted by Gasteiger charge is 2.21. The minimum absolute atomic E-state index is 0.0153. The minimum Gasteiger partial charge on any atom is -0.336 e. The summed E-state index contributed by atoms with van der Waals surface area (Å²) in [5.41, 5.74) is 1.15. The summed E-state index contributed by atoms with van der Waals surface area (Å²) >= 11 is 0. The fraction of sp³-hybridized carbons (Fsp3) is 0.364. The molecular formula is C11H15N3O3S. The molecule has 7 heteroatoms. The summed E-state index contributed by atoms with van der Waals surface area (Å²) in [5, 5.41) is 2.70. The molecule has 18 heavy (non-hydrogen) atoms. The van der Waals surface area contributed by atoms with Crippen LogP contribution in [0.3, 0.4) is 0 Å². The van der Waals surface area contributed by atoms with Crippen molar-refractivity contribution in [1.82, 2.24) is 5.32 Å². The highest BCUT2D eigenvalue weighted by Crippen LogP contribution is 2.21. The Labute approximate surface area is 106 Å². The van der Waals surface area contributed by atoms with E-state index in [9.17, 15) is 13.2 Å². The molecule has 6 nitrogen and oxygen atoms in total. The number of rotatable bonds is 4. The van der Waals surface area contributed by atoms with Gasteiger partial charge in [0.15, 0.2) is 0 Å². The summed E-state index contributed by atoms with van der Waals surface area (Å²) in [5.74, 6) is 0.0153. The molecule has 0 bridgehead atoms. The van der Waals surface area contributed by atoms with E-state index in [4.69, 9.17) is 0 Å². The van der Waals surface area contributed by atoms with Crippen LogP contribution in [0.4, 0.5) is 16.2 Å². The first-order valence-electron chi connectivity index (χ1n) is 5.68. The van der Waals surface area contributed by atoms with Gasteiger partial charge in [0, 0.05) is 18.8 Å². The minimum atomic E-state index is -3.30. The van der Waals surface area contributed by atoms with Crippen molar-refractivity contribution in [2.24, 2.45) is 0 Å². The average molecular weight is 269 g/mol. The molecule has 0 spiro atoms. The van der Waals surface area contributed by atoms with Crippen LogP contribution in [-0.4, -0.2) is 33.3 Å². The largest absolute Gasteiger partial charge is 0.336 e. The highest BCUT2D eigenvalue weighted by atomic mass is 32.2. The molecule has 0 aromatic heterocycles. The molecule has 2 N–H and O–H groups in total. The maximum atomic E-state index is 11.5. The van der Waals surface area contributed by atoms with Crippen LogP contribution < -0.4 is 14.9 Å². The zero-order valence-electron chi connectivity index (χ0n) is 10.0. The second kappa shape index (κ2) is 4.85. The number of hydrogen-bond acceptors (Lipinski definition) is 3. The number of urea groups is 1. The third kappa shape index (κ3) is 2.73. The number of benzene rings is 1. The number of carbonyl (C=O) groups excluding carboxylic acids is 1. The van der Waals surface area contributed by atoms with Gasteiger partial charge in [-0.25, -0.2) is 13.2 Å². The lowest BCUT2D eigenvalue weighted by atomic mass is 10.2. The van der Waals surface area contributed by atoms with Crippen LogP contribution in [0.25, 0.3) is 0 Å². The molecule has 0 atom stereocenters. The Balaban J connectivity index is 2.22. The van der Waals surface area contributed by atoms with Crippen LogP contribution in [0.15, 0.2) is 24.3 Å². The number of nitrogens with zero attached hydrogens (tertiary/aromatic N) is 1. The molecule has 0 saturated carbocycles. The van der Waals surface area contributed by atoms with E-state index in [1.54, 1.807) is 36.1 Å². The van der Waals surface area contributed by atoms with E-state index in [-0.39, 0.29) is 11.8 Å². The number of nitrogens with one attached hydrogen (secondary N) is 2. The Hall–Kier alpha value is -1.76. The second-order valence-corrected chi connectivity index (χ2v) is 5.95. The molecule has 1 heterocycles. The topological polar surface area (TPSA) is 78.5 Å². The molecule has 1 aliphatic rings. The number of anilines is 2. The Kier molecular flexibility index (Phi) is 3.42. The Morgan fingerprint density at radius 1 is 1.44 bits per heavy atom. The van der Waals surface area contributed by atoms with Gasteiger partial charge in [-0.1, -0.05) is 6.07 Å². The molecule has 98 valence electrons. The van der Waals surface area contributed by atoms with Gasteiger partial charge in [-0.15, -0.1) is 0 Å². The van der Waals surface area contributed by atoms with Crippen LogP contribution in [0.5, 0.6) is 0 Å². The van der Waals surface area contributed by atoms with E-state index in [2.05, 4.69) is 10.0 Å². The van der Waals surface area contributed by atoms with Crippen molar-refractivity contribution in [2.45, 2.75) is 6.92 Å². The van der Waals surface area contributed by atoms with Crippen molar-refractivity contribution in [1.29, 1.82) is 0 Å². The number of amides is 2. The summed E-state index contributed by atoms with van der Waals surface area (Å²) in [6.07, 6.45) is 0. The normalized spacial score (nSPS) is 15.6. The van der Waals surface area contributed by atoms with E-state index in [1.807, 2.05) is 0 Å². The molecule has 2 amide bonds. The van der Waals surface area contributed by atoms with E-state index in [0.717, 1.165) is 0 Å². The second-order valence-electron chi connectivity index (χ2n) is 3.94. The quantitative estimate of drug-likeness (QED) is 0.855. The molecule has 0 aliphatic carbocycles. The summed E-state index contributed by atoms with van der Waals surface area (Å²) in [6.45, 7) is 2.76. The van der Waals surface area contributed by atoms with Crippen molar-refractivity contribution < 1.29 is 13.2 Å². The molecule has 2 rings (SSSR count). The molecule has 1 saturated heterocycles. The first-order chi connectivity index (χ1) is 8.52. The third-order valence-electron chi connectivity index (χ3n) is 2.67. The zero-order valence-corrected chi connectivity index (χ0v) is 10.8. The molecular weight excluding hydrogens is 254 g/mol. The van der Waals surface area contributed by atoms with E-state index in [1.165, 1.54) is 0 Å². The van der Waals surface area contributed by atoms with Gasteiger partial charge in [-0.2, -0.15) is 0 Å². The maximum absolute atomic E-state index is 11.5. The van der Waals surface area contributed by atoms with E-state index in [0.29, 0.717) is 24.5 Å². The molecule has 1 fully saturated rings. The van der Waals surface area contributed by atoms with Crippen molar-refractivity contribution in [3.05, 3.63) is 24.3 Å². The van der Waals surface area contributed by atoms with Gasteiger partial charge in [0.25, 0.3) is 0 Å². The van der Waals surface area contributed by atoms with Crippen molar-refractivity contribution in [2.75, 3.05) is 28.5 Å². The van der Waals surface area contributed by atoms with Crippen LogP contribution >= 0.6 is 0 Å². The monoisotopic (exact) mass is 269 g/mol. The van der Waals surface area contributed by atoms with E-state index >= 15 is 0 Å². The summed E-state index contributed by atoms with van der Waals surface area (Å²) < 4.78 is 25.4. The lowest BCUT2D eigenvalue weighted by Crippen LogP contribution is -2.27. The van der Waals surface area contributed by atoms with Gasteiger partial charge in [0.2, 0.25) is 10.0 Å². The number of carbonyl (C=O) groups is 1. The first kappa shape index (κ1) is 12.7. The van der Waals surface area contributed by atoms with Crippen LogP contribution in [0, 0.1) is 0 Å². The van der Waals surface area contributed by atoms with Gasteiger partial charge >= 0.3 is 6.03 Å². The highest BCUT2D eigenvalue weighted by molar-refractivity contribution is 7.92. The molecule has 0 radical (unpaired) electrons. The lowest BCUT2D eigenvalue weighted by molar-refractivity contribution is 0.252. The smallest absolute Gasteiger partial charge is 0.321 e. The predicted molar refractivity (Wildman–Crippen MR) is 70.3 cm³/mol. The predicted octanol–water partition coefficient (Wildman–Crippen LogP) is 0.978. The summed E-state index contributed by atoms with van der Waals surface area (Å²) in [7, 11) is -3.30. The first-order valence-corrected chi connectivity index (χ1v) is 7.33. The van der Waals surface area contributed by atoms with Gasteiger partial charge < -0.3 is 5.32 Å². The maximum Gasteiger partial charge on any atom is 0.321 e. The van der Waals surface area contributed by atoms with Crippen molar-refractivity contribution in [3.63, 3.8) is 0 Å². The van der Waals surface area contributed by atoms with Gasteiger partial charge in [0.1, 0.15) is 0 Å². The standard InChI is InChI=1S/C11H15N3O3S/c1-2-18(16,17)13-9-4-3-5-10(8-9)14-7-6-12-11(14)15/h3-5,8,13H,2,6-7H2,1H3,(H,12,15). The summed E-state index contributed by atoms with van der Waals surface area (Å²) in [4.78, 5) is 13.1. The summed E-state index contributed by atoms with van der Waals surface area (Å²) in [6, 6.07) is 6.64. The van der Waals surface area contributed by atoms with E-state index < -0.39 is 10.0 Å². The lowest BCUT2D eigenvalue weighted by Gasteiger charge is -2.15. The SMILES string of the molecule is CCS(=O)(=O)Nc1cccc(N2CCNC2=O)c1. The fourth-order valence-corrected chi connectivity index (χ4v) is 2.34. The Morgan fingerprint density at radius 2 is 2.22 bits per heavy atom. The van der Waals surface area contributed by atoms with Crippen LogP contribution in [-0.2, 0) is 10.0 Å². The molecule has 1 aliphatic heterocycles. The number of hydrogen-bond donors (Lipinski definition) is 2. The zero-order chi connectivity index (χ0) is 13.2. The van der Waals surface area contributed by atoms with Crippen LogP contribution in [0.1, 0.15) is 6.92 Å². The van der Waals surface area contributed by atoms with Crippen LogP contribution in [0.2, 0.25) is 0 Å². The molecule has 1 aromatic rings. The Morgan fingerprint density at radius 3 is 2.83 bits per heavy atom. The van der Waals surface area contributed by atoms with Gasteiger partial charge in [-0.05, 0) is 25.1 Å². The third-order valence-corrected chi connectivity index (χ3v) is 3.97. The molecule has 1 aromatic carbocycles. The van der Waals surface area contributed by atoms with Crippen molar-refractivity contribution >= 4 is 27.4 Å². The number of sulfonamides is 1. The van der Waals surface area contributed by atoms with Crippen molar-refractivity contribution in [3.8, 4) is 0 Å².